The Bertz CT molecular complexity index is 880. The Morgan fingerprint density at radius 3 is 2.59 bits per heavy atom. The molecular formula is C22H25F2N3O2. The van der Waals surface area contributed by atoms with Crippen LogP contribution in [0.1, 0.15) is 35.2 Å². The highest BCUT2D eigenvalue weighted by molar-refractivity contribution is 5.94. The summed E-state index contributed by atoms with van der Waals surface area (Å²) in [6.07, 6.45) is 2.45. The number of likely N-dealkylation sites (tertiary alicyclic amines) is 1. The number of benzene rings is 2. The molecule has 1 fully saturated rings. The highest BCUT2D eigenvalue weighted by atomic mass is 19.1. The van der Waals surface area contributed by atoms with Crippen LogP contribution in [-0.4, -0.2) is 36.5 Å². The van der Waals surface area contributed by atoms with Crippen LogP contribution in [0.5, 0.6) is 0 Å². The second kappa shape index (κ2) is 9.49. The quantitative estimate of drug-likeness (QED) is 0.783. The Morgan fingerprint density at radius 1 is 1.10 bits per heavy atom. The number of nitrogens with one attached hydrogen (secondary N) is 2. The lowest BCUT2D eigenvalue weighted by Crippen LogP contribution is -2.41. The molecule has 0 bridgehead atoms. The van der Waals surface area contributed by atoms with Crippen LogP contribution in [0.3, 0.4) is 0 Å². The Balaban J connectivity index is 1.40. The van der Waals surface area contributed by atoms with Crippen molar-refractivity contribution in [3.63, 3.8) is 0 Å². The van der Waals surface area contributed by atoms with Gasteiger partial charge in [0.05, 0.1) is 5.69 Å². The lowest BCUT2D eigenvalue weighted by molar-refractivity contribution is 0.0949. The summed E-state index contributed by atoms with van der Waals surface area (Å²) < 4.78 is 26.9. The SMILES string of the molecule is Cc1cccc(C(=O)NCCC2CCN(C(=O)Nc3cc(F)ccc3F)CC2)c1. The maximum Gasteiger partial charge on any atom is 0.321 e. The number of halogens is 2. The van der Waals surface area contributed by atoms with Gasteiger partial charge >= 0.3 is 6.03 Å². The van der Waals surface area contributed by atoms with Gasteiger partial charge in [-0.15, -0.1) is 0 Å². The smallest absolute Gasteiger partial charge is 0.321 e. The topological polar surface area (TPSA) is 61.4 Å². The number of carbonyl (C=O) groups excluding carboxylic acids is 2. The third kappa shape index (κ3) is 5.76. The van der Waals surface area contributed by atoms with Crippen LogP contribution in [0.4, 0.5) is 19.3 Å². The van der Waals surface area contributed by atoms with Gasteiger partial charge in [0.1, 0.15) is 11.6 Å². The Labute approximate surface area is 169 Å². The molecule has 0 radical (unpaired) electrons. The van der Waals surface area contributed by atoms with E-state index >= 15 is 0 Å². The molecule has 5 nitrogen and oxygen atoms in total. The first-order valence-corrected chi connectivity index (χ1v) is 9.78. The highest BCUT2D eigenvalue weighted by Gasteiger charge is 2.23. The number of hydrogen-bond donors (Lipinski definition) is 2. The summed E-state index contributed by atoms with van der Waals surface area (Å²) >= 11 is 0. The number of rotatable bonds is 5. The van der Waals surface area contributed by atoms with Crippen LogP contribution in [0.15, 0.2) is 42.5 Å². The first kappa shape index (κ1) is 20.8. The monoisotopic (exact) mass is 401 g/mol. The summed E-state index contributed by atoms with van der Waals surface area (Å²) in [5.74, 6) is -0.947. The van der Waals surface area contributed by atoms with E-state index in [4.69, 9.17) is 0 Å². The molecule has 0 atom stereocenters. The average Bonchev–Trinajstić information content (AvgIpc) is 2.71. The molecule has 7 heteroatoms. The van der Waals surface area contributed by atoms with Crippen molar-refractivity contribution in [2.75, 3.05) is 25.0 Å². The van der Waals surface area contributed by atoms with Gasteiger partial charge in [-0.3, -0.25) is 4.79 Å². The molecular weight excluding hydrogens is 376 g/mol. The van der Waals surface area contributed by atoms with Gasteiger partial charge in [-0.2, -0.15) is 0 Å². The lowest BCUT2D eigenvalue weighted by atomic mass is 9.93. The second-order valence-electron chi connectivity index (χ2n) is 7.40. The van der Waals surface area contributed by atoms with Crippen LogP contribution in [0.25, 0.3) is 0 Å². The van der Waals surface area contributed by atoms with Crippen LogP contribution in [0.2, 0.25) is 0 Å². The van der Waals surface area contributed by atoms with Gasteiger partial charge in [0.15, 0.2) is 0 Å². The molecule has 0 aromatic heterocycles. The predicted octanol–water partition coefficient (Wildman–Crippen LogP) is 4.34. The molecule has 0 unspecified atom stereocenters. The third-order valence-electron chi connectivity index (χ3n) is 5.19. The van der Waals surface area contributed by atoms with Gasteiger partial charge in [0, 0.05) is 31.3 Å². The minimum absolute atomic E-state index is 0.0809. The zero-order valence-corrected chi connectivity index (χ0v) is 16.4. The number of urea groups is 1. The average molecular weight is 401 g/mol. The second-order valence-corrected chi connectivity index (χ2v) is 7.40. The molecule has 0 spiro atoms. The van der Waals surface area contributed by atoms with E-state index in [2.05, 4.69) is 10.6 Å². The number of piperidine rings is 1. The first-order chi connectivity index (χ1) is 13.9. The molecule has 29 heavy (non-hydrogen) atoms. The van der Waals surface area contributed by atoms with Crippen LogP contribution in [0, 0.1) is 24.5 Å². The molecule has 2 N–H and O–H groups in total. The van der Waals surface area contributed by atoms with Gasteiger partial charge in [0.25, 0.3) is 5.91 Å². The van der Waals surface area contributed by atoms with Gasteiger partial charge in [-0.05, 0) is 56.4 Å². The van der Waals surface area contributed by atoms with Crippen LogP contribution >= 0.6 is 0 Å². The van der Waals surface area contributed by atoms with Crippen molar-refractivity contribution in [1.29, 1.82) is 0 Å². The van der Waals surface area contributed by atoms with Gasteiger partial charge in [-0.25, -0.2) is 13.6 Å². The summed E-state index contributed by atoms with van der Waals surface area (Å²) in [7, 11) is 0. The van der Waals surface area contributed by atoms with Gasteiger partial charge < -0.3 is 15.5 Å². The van der Waals surface area contributed by atoms with E-state index in [-0.39, 0.29) is 11.6 Å². The number of anilines is 1. The fourth-order valence-corrected chi connectivity index (χ4v) is 3.49. The van der Waals surface area contributed by atoms with E-state index < -0.39 is 17.7 Å². The van der Waals surface area contributed by atoms with E-state index in [1.807, 2.05) is 25.1 Å². The zero-order chi connectivity index (χ0) is 20.8. The molecule has 2 aromatic rings. The normalized spacial score (nSPS) is 14.5. The fraction of sp³-hybridized carbons (Fsp3) is 0.364. The molecule has 3 rings (SSSR count). The number of amides is 3. The van der Waals surface area contributed by atoms with Crippen molar-refractivity contribution in [3.05, 3.63) is 65.2 Å². The molecule has 3 amide bonds. The number of carbonyl (C=O) groups is 2. The summed E-state index contributed by atoms with van der Waals surface area (Å²) in [4.78, 5) is 26.1. The van der Waals surface area contributed by atoms with Gasteiger partial charge in [-0.1, -0.05) is 17.7 Å². The van der Waals surface area contributed by atoms with Crippen molar-refractivity contribution in [3.8, 4) is 0 Å². The largest absolute Gasteiger partial charge is 0.352 e. The molecule has 1 saturated heterocycles. The molecule has 0 saturated carbocycles. The van der Waals surface area contributed by atoms with Crippen molar-refractivity contribution < 1.29 is 18.4 Å². The summed E-state index contributed by atoms with van der Waals surface area (Å²) in [5.41, 5.74) is 1.54. The highest BCUT2D eigenvalue weighted by Crippen LogP contribution is 2.22. The minimum atomic E-state index is -0.668. The van der Waals surface area contributed by atoms with Crippen molar-refractivity contribution >= 4 is 17.6 Å². The van der Waals surface area contributed by atoms with Crippen LogP contribution < -0.4 is 10.6 Å². The summed E-state index contributed by atoms with van der Waals surface area (Å²) in [6.45, 7) is 3.61. The molecule has 1 heterocycles. The van der Waals surface area contributed by atoms with E-state index in [1.54, 1.807) is 11.0 Å². The number of nitrogens with zero attached hydrogens (tertiary/aromatic N) is 1. The van der Waals surface area contributed by atoms with E-state index in [0.717, 1.165) is 43.0 Å². The van der Waals surface area contributed by atoms with Crippen molar-refractivity contribution in [2.24, 2.45) is 5.92 Å². The van der Waals surface area contributed by atoms with Gasteiger partial charge in [0.2, 0.25) is 0 Å². The Hall–Kier alpha value is -2.96. The van der Waals surface area contributed by atoms with Crippen LogP contribution in [-0.2, 0) is 0 Å². The summed E-state index contributed by atoms with van der Waals surface area (Å²) in [6, 6.07) is 9.99. The molecule has 1 aliphatic heterocycles. The zero-order valence-electron chi connectivity index (χ0n) is 16.4. The standard InChI is InChI=1S/C22H25F2N3O2/c1-15-3-2-4-17(13-15)21(28)25-10-7-16-8-11-27(12-9-16)22(29)26-20-14-18(23)5-6-19(20)24/h2-6,13-14,16H,7-12H2,1H3,(H,25,28)(H,26,29). The first-order valence-electron chi connectivity index (χ1n) is 9.78. The summed E-state index contributed by atoms with van der Waals surface area (Å²) in [5, 5.41) is 5.37. The Morgan fingerprint density at radius 2 is 1.86 bits per heavy atom. The molecule has 2 aromatic carbocycles. The minimum Gasteiger partial charge on any atom is -0.352 e. The van der Waals surface area contributed by atoms with Crippen molar-refractivity contribution in [2.45, 2.75) is 26.2 Å². The predicted molar refractivity (Wildman–Crippen MR) is 108 cm³/mol. The van der Waals surface area contributed by atoms with E-state index in [1.165, 1.54) is 0 Å². The molecule has 0 aliphatic carbocycles. The number of hydrogen-bond acceptors (Lipinski definition) is 2. The maximum absolute atomic E-state index is 13.7. The fourth-order valence-electron chi connectivity index (χ4n) is 3.49. The maximum atomic E-state index is 13.7. The molecule has 154 valence electrons. The Kier molecular flexibility index (Phi) is 6.80. The molecule has 1 aliphatic rings. The van der Waals surface area contributed by atoms with Crippen molar-refractivity contribution in [1.82, 2.24) is 10.2 Å². The third-order valence-corrected chi connectivity index (χ3v) is 5.19. The van der Waals surface area contributed by atoms with E-state index in [9.17, 15) is 18.4 Å². The van der Waals surface area contributed by atoms with E-state index in [0.29, 0.717) is 31.1 Å². The number of aryl methyl sites for hydroxylation is 1. The lowest BCUT2D eigenvalue weighted by Gasteiger charge is -2.32.